The van der Waals surface area contributed by atoms with Crippen molar-refractivity contribution in [3.8, 4) is 0 Å². The van der Waals surface area contributed by atoms with Crippen LogP contribution in [0.2, 0.25) is 0 Å². The van der Waals surface area contributed by atoms with Gasteiger partial charge in [-0.25, -0.2) is 8.42 Å². The van der Waals surface area contributed by atoms with Crippen molar-refractivity contribution in [1.29, 1.82) is 0 Å². The third-order valence-corrected chi connectivity index (χ3v) is 8.12. The molecule has 0 radical (unpaired) electrons. The van der Waals surface area contributed by atoms with Crippen LogP contribution in [-0.4, -0.2) is 68.0 Å². The van der Waals surface area contributed by atoms with E-state index >= 15 is 0 Å². The van der Waals surface area contributed by atoms with Crippen LogP contribution < -0.4 is 0 Å². The van der Waals surface area contributed by atoms with Gasteiger partial charge in [-0.3, -0.25) is 0 Å². The fraction of sp³-hybridized carbons (Fsp3) is 1.00. The second-order valence-electron chi connectivity index (χ2n) is 6.38. The number of hydrogen-bond acceptors (Lipinski definition) is 5. The number of sulfonamides is 1. The fourth-order valence-corrected chi connectivity index (χ4v) is 6.26. The molecule has 0 saturated carbocycles. The van der Waals surface area contributed by atoms with E-state index in [1.165, 1.54) is 0 Å². The van der Waals surface area contributed by atoms with E-state index in [9.17, 15) is 8.42 Å². The fourth-order valence-electron chi connectivity index (χ4n) is 3.29. The van der Waals surface area contributed by atoms with Crippen molar-refractivity contribution in [2.45, 2.75) is 37.0 Å². The Bertz CT molecular complexity index is 456. The first-order chi connectivity index (χ1) is 10.0. The smallest absolute Gasteiger partial charge is 0.213 e. The predicted molar refractivity (Wildman–Crippen MR) is 84.1 cm³/mol. The molecule has 122 valence electrons. The van der Waals surface area contributed by atoms with Gasteiger partial charge in [0, 0.05) is 43.4 Å². The van der Waals surface area contributed by atoms with Gasteiger partial charge in [-0.15, -0.1) is 11.8 Å². The molecule has 3 saturated heterocycles. The van der Waals surface area contributed by atoms with Crippen molar-refractivity contribution in [3.63, 3.8) is 0 Å². The van der Waals surface area contributed by atoms with Crippen LogP contribution in [0.5, 0.6) is 0 Å². The van der Waals surface area contributed by atoms with Crippen LogP contribution in [0.1, 0.15) is 26.2 Å². The second kappa shape index (κ2) is 6.35. The first-order valence-electron chi connectivity index (χ1n) is 7.84. The van der Waals surface area contributed by atoms with Crippen LogP contribution in [0.25, 0.3) is 0 Å². The van der Waals surface area contributed by atoms with Gasteiger partial charge in [0.15, 0.2) is 0 Å². The molecule has 0 aromatic carbocycles. The Kier molecular flexibility index (Phi) is 4.86. The lowest BCUT2D eigenvalue weighted by molar-refractivity contribution is -0.00923. The van der Waals surface area contributed by atoms with E-state index in [1.54, 1.807) is 11.2 Å². The highest BCUT2D eigenvalue weighted by molar-refractivity contribution is 8.01. The molecule has 0 aromatic rings. The van der Waals surface area contributed by atoms with Gasteiger partial charge in [-0.05, 0) is 32.1 Å². The Balaban J connectivity index is 1.42. The van der Waals surface area contributed by atoms with Crippen molar-refractivity contribution in [2.75, 3.05) is 44.4 Å². The molecule has 3 heterocycles. The van der Waals surface area contributed by atoms with Crippen LogP contribution in [0.3, 0.4) is 0 Å². The molecular weight excluding hydrogens is 310 g/mol. The number of ether oxygens (including phenoxy) is 2. The third-order valence-electron chi connectivity index (χ3n) is 4.77. The molecule has 1 atom stereocenters. The minimum Gasteiger partial charge on any atom is -0.381 e. The van der Waals surface area contributed by atoms with Gasteiger partial charge in [-0.2, -0.15) is 4.31 Å². The molecule has 21 heavy (non-hydrogen) atoms. The molecule has 3 rings (SSSR count). The van der Waals surface area contributed by atoms with E-state index in [-0.39, 0.29) is 10.5 Å². The number of thioether (sulfide) groups is 1. The SMILES string of the molecule is CCS(=O)(=O)N1CC2(C[C@H](OCC3CCOCC3)CS2)C1. The molecular formula is C14H25NO4S2. The van der Waals surface area contributed by atoms with Crippen LogP contribution in [-0.2, 0) is 19.5 Å². The summed E-state index contributed by atoms with van der Waals surface area (Å²) >= 11 is 1.90. The van der Waals surface area contributed by atoms with E-state index < -0.39 is 10.0 Å². The topological polar surface area (TPSA) is 55.8 Å². The summed E-state index contributed by atoms with van der Waals surface area (Å²) in [5, 5.41) is 0. The summed E-state index contributed by atoms with van der Waals surface area (Å²) in [6.45, 7) is 5.61. The summed E-state index contributed by atoms with van der Waals surface area (Å²) in [5.41, 5.74) is 0. The van der Waals surface area contributed by atoms with Gasteiger partial charge in [0.25, 0.3) is 0 Å². The van der Waals surface area contributed by atoms with E-state index in [0.717, 1.165) is 44.8 Å². The molecule has 3 aliphatic heterocycles. The Labute approximate surface area is 131 Å². The zero-order valence-corrected chi connectivity index (χ0v) is 14.3. The molecule has 5 nitrogen and oxygen atoms in total. The predicted octanol–water partition coefficient (Wildman–Crippen LogP) is 1.34. The molecule has 7 heteroatoms. The Morgan fingerprint density at radius 3 is 2.71 bits per heavy atom. The molecule has 0 unspecified atom stereocenters. The lowest BCUT2D eigenvalue weighted by Gasteiger charge is -2.46. The zero-order valence-electron chi connectivity index (χ0n) is 12.6. The maximum Gasteiger partial charge on any atom is 0.213 e. The first-order valence-corrected chi connectivity index (χ1v) is 10.4. The van der Waals surface area contributed by atoms with Crippen LogP contribution >= 0.6 is 11.8 Å². The Hall–Kier alpha value is 0.180. The van der Waals surface area contributed by atoms with Crippen molar-refractivity contribution < 1.29 is 17.9 Å². The molecule has 3 aliphatic rings. The lowest BCUT2D eigenvalue weighted by atomic mass is 9.95. The molecule has 0 aliphatic carbocycles. The van der Waals surface area contributed by atoms with Crippen molar-refractivity contribution in [1.82, 2.24) is 4.31 Å². The van der Waals surface area contributed by atoms with E-state index in [0.29, 0.717) is 25.1 Å². The minimum absolute atomic E-state index is 0.128. The van der Waals surface area contributed by atoms with Gasteiger partial charge < -0.3 is 9.47 Å². The van der Waals surface area contributed by atoms with Gasteiger partial charge in [-0.1, -0.05) is 0 Å². The van der Waals surface area contributed by atoms with E-state index in [4.69, 9.17) is 9.47 Å². The molecule has 1 spiro atoms. The van der Waals surface area contributed by atoms with Gasteiger partial charge in [0.2, 0.25) is 10.0 Å². The molecule has 0 amide bonds. The third kappa shape index (κ3) is 3.58. The monoisotopic (exact) mass is 335 g/mol. The van der Waals surface area contributed by atoms with Crippen molar-refractivity contribution in [3.05, 3.63) is 0 Å². The van der Waals surface area contributed by atoms with Crippen LogP contribution in [0.4, 0.5) is 0 Å². The lowest BCUT2D eigenvalue weighted by Crippen LogP contribution is -2.60. The van der Waals surface area contributed by atoms with Crippen LogP contribution in [0, 0.1) is 5.92 Å². The second-order valence-corrected chi connectivity index (χ2v) is 10.1. The maximum atomic E-state index is 11.8. The summed E-state index contributed by atoms with van der Waals surface area (Å²) in [4.78, 5) is 0. The average Bonchev–Trinajstić information content (AvgIpc) is 2.89. The van der Waals surface area contributed by atoms with Gasteiger partial charge in [0.1, 0.15) is 0 Å². The maximum absolute atomic E-state index is 11.8. The minimum atomic E-state index is -3.01. The quantitative estimate of drug-likeness (QED) is 0.759. The van der Waals surface area contributed by atoms with Gasteiger partial charge in [0.05, 0.1) is 11.9 Å². The van der Waals surface area contributed by atoms with E-state index in [1.807, 2.05) is 11.8 Å². The zero-order chi connectivity index (χ0) is 14.9. The molecule has 3 fully saturated rings. The van der Waals surface area contributed by atoms with Crippen LogP contribution in [0.15, 0.2) is 0 Å². The van der Waals surface area contributed by atoms with Crippen molar-refractivity contribution >= 4 is 21.8 Å². The summed E-state index contributed by atoms with van der Waals surface area (Å²) < 4.78 is 36.8. The number of rotatable bonds is 5. The number of nitrogens with zero attached hydrogens (tertiary/aromatic N) is 1. The largest absolute Gasteiger partial charge is 0.381 e. The summed E-state index contributed by atoms with van der Waals surface area (Å²) in [5.74, 6) is 1.85. The highest BCUT2D eigenvalue weighted by Gasteiger charge is 2.52. The van der Waals surface area contributed by atoms with Gasteiger partial charge >= 0.3 is 0 Å². The molecule has 0 bridgehead atoms. The summed E-state index contributed by atoms with van der Waals surface area (Å²) in [7, 11) is -3.01. The van der Waals surface area contributed by atoms with E-state index in [2.05, 4.69) is 0 Å². The van der Waals surface area contributed by atoms with Crippen molar-refractivity contribution in [2.24, 2.45) is 5.92 Å². The average molecular weight is 335 g/mol. The summed E-state index contributed by atoms with van der Waals surface area (Å²) in [6, 6.07) is 0. The first kappa shape index (κ1) is 16.1. The Morgan fingerprint density at radius 1 is 1.33 bits per heavy atom. The molecule has 0 N–H and O–H groups in total. The Morgan fingerprint density at radius 2 is 2.05 bits per heavy atom. The normalized spacial score (nSPS) is 30.6. The standard InChI is InChI=1S/C14H25NO4S2/c1-2-21(16,17)15-10-14(11-15)7-13(9-20-14)19-8-12-3-5-18-6-4-12/h12-13H,2-11H2,1H3/t13-/m0/s1. The highest BCUT2D eigenvalue weighted by atomic mass is 32.2. The molecule has 0 aromatic heterocycles. The summed E-state index contributed by atoms with van der Waals surface area (Å²) in [6.07, 6.45) is 3.50. The highest BCUT2D eigenvalue weighted by Crippen LogP contribution is 2.47. The number of hydrogen-bond donors (Lipinski definition) is 0.